The summed E-state index contributed by atoms with van der Waals surface area (Å²) in [6.45, 7) is 6.33. The van der Waals surface area contributed by atoms with Crippen LogP contribution in [0.3, 0.4) is 0 Å². The van der Waals surface area contributed by atoms with Gasteiger partial charge in [0.25, 0.3) is 5.91 Å². The van der Waals surface area contributed by atoms with Crippen molar-refractivity contribution in [3.8, 4) is 5.75 Å². The molecule has 0 aliphatic carbocycles. The highest BCUT2D eigenvalue weighted by Gasteiger charge is 2.44. The Hall–Kier alpha value is -3.71. The van der Waals surface area contributed by atoms with Crippen molar-refractivity contribution < 1.29 is 18.7 Å². The lowest BCUT2D eigenvalue weighted by Gasteiger charge is -2.42. The van der Waals surface area contributed by atoms with Gasteiger partial charge in [0, 0.05) is 18.7 Å². The third-order valence-corrected chi connectivity index (χ3v) is 8.27. The average molecular weight is 544 g/mol. The summed E-state index contributed by atoms with van der Waals surface area (Å²) >= 11 is 0. The zero-order valence-electron chi connectivity index (χ0n) is 23.3. The van der Waals surface area contributed by atoms with Crippen molar-refractivity contribution in [1.82, 2.24) is 15.1 Å². The number of ether oxygens (including phenoxy) is 1. The number of fused-ring (bicyclic) bond motifs is 1. The summed E-state index contributed by atoms with van der Waals surface area (Å²) in [5, 5.41) is 3.19. The number of rotatable bonds is 9. The van der Waals surface area contributed by atoms with Crippen molar-refractivity contribution >= 4 is 11.8 Å². The van der Waals surface area contributed by atoms with E-state index in [2.05, 4.69) is 17.1 Å². The van der Waals surface area contributed by atoms with E-state index in [1.54, 1.807) is 30.2 Å². The molecule has 0 aromatic heterocycles. The number of amides is 2. The summed E-state index contributed by atoms with van der Waals surface area (Å²) in [4.78, 5) is 32.1. The molecule has 2 amide bonds. The molecule has 2 atom stereocenters. The second-order valence-electron chi connectivity index (χ2n) is 11.0. The number of methoxy groups -OCH3 is 1. The van der Waals surface area contributed by atoms with Crippen LogP contribution in [0.4, 0.5) is 4.39 Å². The standard InChI is InChI=1S/C33H38FN3O3/c1-23-16-20-36(21-17-23)19-5-18-35-32(38)30-28-6-3-4-7-29(28)33(39)37(22-24-8-12-26(34)13-9-24)31(30)25-10-14-27(40-2)15-11-25/h3-4,6-15,23,30-31H,5,16-22H2,1-2H3,(H,35,38)/t30-,31-/m1/s1. The minimum atomic E-state index is -0.599. The van der Waals surface area contributed by atoms with E-state index in [0.717, 1.165) is 48.7 Å². The number of likely N-dealkylation sites (tertiary alicyclic amines) is 1. The number of benzene rings is 3. The van der Waals surface area contributed by atoms with E-state index in [-0.39, 0.29) is 24.2 Å². The Bertz CT molecular complexity index is 1300. The molecule has 0 radical (unpaired) electrons. The molecule has 40 heavy (non-hydrogen) atoms. The normalized spacial score (nSPS) is 19.8. The summed E-state index contributed by atoms with van der Waals surface area (Å²) in [7, 11) is 1.61. The lowest BCUT2D eigenvalue weighted by Crippen LogP contribution is -2.47. The smallest absolute Gasteiger partial charge is 0.255 e. The monoisotopic (exact) mass is 543 g/mol. The van der Waals surface area contributed by atoms with E-state index in [9.17, 15) is 14.0 Å². The molecule has 0 bridgehead atoms. The van der Waals surface area contributed by atoms with Crippen LogP contribution in [0, 0.1) is 11.7 Å². The second kappa shape index (κ2) is 12.6. The van der Waals surface area contributed by atoms with Gasteiger partial charge < -0.3 is 19.9 Å². The van der Waals surface area contributed by atoms with E-state index in [4.69, 9.17) is 4.74 Å². The fourth-order valence-corrected chi connectivity index (χ4v) is 5.92. The Labute approximate surface area is 236 Å². The predicted molar refractivity (Wildman–Crippen MR) is 154 cm³/mol. The molecular weight excluding hydrogens is 505 g/mol. The number of carbonyl (C=O) groups excluding carboxylic acids is 2. The van der Waals surface area contributed by atoms with Crippen molar-refractivity contribution in [3.05, 3.63) is 101 Å². The van der Waals surface area contributed by atoms with Gasteiger partial charge >= 0.3 is 0 Å². The first kappa shape index (κ1) is 27.8. The van der Waals surface area contributed by atoms with Crippen LogP contribution in [0.2, 0.25) is 0 Å². The number of carbonyl (C=O) groups is 2. The first-order valence-electron chi connectivity index (χ1n) is 14.2. The molecule has 6 nitrogen and oxygen atoms in total. The largest absolute Gasteiger partial charge is 0.497 e. The summed E-state index contributed by atoms with van der Waals surface area (Å²) in [6.07, 6.45) is 3.33. The second-order valence-corrected chi connectivity index (χ2v) is 11.0. The maximum absolute atomic E-state index is 14.0. The minimum absolute atomic E-state index is 0.0999. The van der Waals surface area contributed by atoms with Crippen LogP contribution < -0.4 is 10.1 Å². The maximum Gasteiger partial charge on any atom is 0.255 e. The van der Waals surface area contributed by atoms with Gasteiger partial charge in [-0.05, 0) is 91.8 Å². The Morgan fingerprint density at radius 3 is 2.40 bits per heavy atom. The lowest BCUT2D eigenvalue weighted by atomic mass is 9.79. The fraction of sp³-hybridized carbons (Fsp3) is 0.394. The fourth-order valence-electron chi connectivity index (χ4n) is 5.92. The Morgan fingerprint density at radius 1 is 1.00 bits per heavy atom. The molecule has 0 unspecified atom stereocenters. The van der Waals surface area contributed by atoms with Gasteiger partial charge in [0.15, 0.2) is 0 Å². The molecule has 7 heteroatoms. The molecule has 210 valence electrons. The Balaban J connectivity index is 1.43. The van der Waals surface area contributed by atoms with Crippen molar-refractivity contribution in [3.63, 3.8) is 0 Å². The van der Waals surface area contributed by atoms with Crippen LogP contribution >= 0.6 is 0 Å². The molecule has 1 N–H and O–H groups in total. The highest BCUT2D eigenvalue weighted by molar-refractivity contribution is 6.01. The number of halogens is 1. The quantitative estimate of drug-likeness (QED) is 0.360. The number of nitrogens with zero attached hydrogens (tertiary/aromatic N) is 2. The zero-order valence-corrected chi connectivity index (χ0v) is 23.3. The van der Waals surface area contributed by atoms with Crippen LogP contribution in [0.1, 0.15) is 65.2 Å². The van der Waals surface area contributed by atoms with Gasteiger partial charge in [0.1, 0.15) is 11.6 Å². The molecule has 0 saturated carbocycles. The van der Waals surface area contributed by atoms with E-state index in [0.29, 0.717) is 17.9 Å². The molecule has 3 aromatic carbocycles. The molecule has 5 rings (SSSR count). The first-order valence-corrected chi connectivity index (χ1v) is 14.2. The summed E-state index contributed by atoms with van der Waals surface area (Å²) < 4.78 is 19.0. The van der Waals surface area contributed by atoms with Crippen molar-refractivity contribution in [1.29, 1.82) is 0 Å². The molecule has 2 heterocycles. The van der Waals surface area contributed by atoms with Crippen molar-refractivity contribution in [2.45, 2.75) is 44.7 Å². The van der Waals surface area contributed by atoms with E-state index < -0.39 is 12.0 Å². The van der Waals surface area contributed by atoms with Crippen LogP contribution in [0.15, 0.2) is 72.8 Å². The molecule has 2 aliphatic rings. The van der Waals surface area contributed by atoms with Gasteiger partial charge in [-0.25, -0.2) is 4.39 Å². The summed E-state index contributed by atoms with van der Waals surface area (Å²) in [5.41, 5.74) is 2.89. The molecule has 2 aliphatic heterocycles. The number of hydrogen-bond acceptors (Lipinski definition) is 4. The van der Waals surface area contributed by atoms with E-state index in [1.165, 1.54) is 25.0 Å². The third-order valence-electron chi connectivity index (χ3n) is 8.27. The van der Waals surface area contributed by atoms with E-state index in [1.807, 2.05) is 42.5 Å². The topological polar surface area (TPSA) is 61.9 Å². The predicted octanol–water partition coefficient (Wildman–Crippen LogP) is 5.55. The van der Waals surface area contributed by atoms with Gasteiger partial charge in [-0.2, -0.15) is 0 Å². The van der Waals surface area contributed by atoms with Crippen molar-refractivity contribution in [2.24, 2.45) is 5.92 Å². The zero-order chi connectivity index (χ0) is 28.1. The molecule has 1 fully saturated rings. The maximum atomic E-state index is 14.0. The number of piperidine rings is 1. The van der Waals surface area contributed by atoms with Crippen molar-refractivity contribution in [2.75, 3.05) is 33.3 Å². The summed E-state index contributed by atoms with van der Waals surface area (Å²) in [5.74, 6) is 0.309. The average Bonchev–Trinajstić information content (AvgIpc) is 2.98. The van der Waals surface area contributed by atoms with Gasteiger partial charge in [-0.3, -0.25) is 9.59 Å². The molecule has 0 spiro atoms. The van der Waals surface area contributed by atoms with E-state index >= 15 is 0 Å². The highest BCUT2D eigenvalue weighted by atomic mass is 19.1. The molecule has 1 saturated heterocycles. The molecule has 3 aromatic rings. The van der Waals surface area contributed by atoms with Gasteiger partial charge in [-0.15, -0.1) is 0 Å². The van der Waals surface area contributed by atoms with Gasteiger partial charge in [-0.1, -0.05) is 49.4 Å². The van der Waals surface area contributed by atoms with Gasteiger partial charge in [0.05, 0.1) is 19.1 Å². The Morgan fingerprint density at radius 2 is 1.70 bits per heavy atom. The minimum Gasteiger partial charge on any atom is -0.497 e. The number of hydrogen-bond donors (Lipinski definition) is 1. The molecular formula is C33H38FN3O3. The van der Waals surface area contributed by atoms with Gasteiger partial charge in [0.2, 0.25) is 5.91 Å². The SMILES string of the molecule is COc1ccc([C@@H]2[C@H](C(=O)NCCCN3CCC(C)CC3)c3ccccc3C(=O)N2Cc2ccc(F)cc2)cc1. The summed E-state index contributed by atoms with van der Waals surface area (Å²) in [6, 6.07) is 20.5. The van der Waals surface area contributed by atoms with Crippen LogP contribution in [-0.2, 0) is 11.3 Å². The number of nitrogens with one attached hydrogen (secondary N) is 1. The third kappa shape index (κ3) is 6.20. The Kier molecular flexibility index (Phi) is 8.80. The first-order chi connectivity index (χ1) is 19.4. The van der Waals surface area contributed by atoms with Crippen LogP contribution in [-0.4, -0.2) is 54.9 Å². The van der Waals surface area contributed by atoms with Crippen LogP contribution in [0.5, 0.6) is 5.75 Å². The van der Waals surface area contributed by atoms with Crippen LogP contribution in [0.25, 0.3) is 0 Å². The lowest BCUT2D eigenvalue weighted by molar-refractivity contribution is -0.124. The highest BCUT2D eigenvalue weighted by Crippen LogP contribution is 2.44.